The van der Waals surface area contributed by atoms with Gasteiger partial charge in [-0.15, -0.1) is 0 Å². The Morgan fingerprint density at radius 2 is 1.94 bits per heavy atom. The Hall–Kier alpha value is -0.540. The number of halogens is 1. The third kappa shape index (κ3) is 3.99. The lowest BCUT2D eigenvalue weighted by atomic mass is 10.1. The number of ether oxygens (including phenoxy) is 1. The average Bonchev–Trinajstić information content (AvgIpc) is 2.62. The molecule has 1 aromatic carbocycles. The fourth-order valence-corrected chi connectivity index (χ4v) is 3.01. The van der Waals surface area contributed by atoms with E-state index in [0.717, 1.165) is 16.8 Å². The zero-order valence-corrected chi connectivity index (χ0v) is 12.6. The molecule has 3 heteroatoms. The van der Waals surface area contributed by atoms with Crippen molar-refractivity contribution in [2.45, 2.75) is 51.2 Å². The van der Waals surface area contributed by atoms with Crippen LogP contribution in [0.3, 0.4) is 0 Å². The monoisotopic (exact) mass is 311 g/mol. The molecular formula is C15H22BrNO. The van der Waals surface area contributed by atoms with Crippen LogP contribution in [0.2, 0.25) is 0 Å². The molecule has 1 aliphatic carbocycles. The molecule has 0 radical (unpaired) electrons. The number of rotatable bonds is 4. The molecule has 1 N–H and O–H groups in total. The van der Waals surface area contributed by atoms with E-state index in [4.69, 9.17) is 4.74 Å². The van der Waals surface area contributed by atoms with Crippen LogP contribution >= 0.6 is 15.9 Å². The van der Waals surface area contributed by atoms with Crippen molar-refractivity contribution in [3.8, 4) is 5.75 Å². The SMILES string of the molecule is CNCc1ccc(OC2CCCCCC2)c(Br)c1. The minimum Gasteiger partial charge on any atom is -0.489 e. The van der Waals surface area contributed by atoms with Gasteiger partial charge in [-0.25, -0.2) is 0 Å². The highest BCUT2D eigenvalue weighted by Crippen LogP contribution is 2.29. The van der Waals surface area contributed by atoms with Crippen molar-refractivity contribution in [3.05, 3.63) is 28.2 Å². The van der Waals surface area contributed by atoms with Crippen LogP contribution in [-0.4, -0.2) is 13.2 Å². The summed E-state index contributed by atoms with van der Waals surface area (Å²) in [6.45, 7) is 0.891. The largest absolute Gasteiger partial charge is 0.489 e. The molecule has 0 amide bonds. The second kappa shape index (κ2) is 7.15. The van der Waals surface area contributed by atoms with Gasteiger partial charge in [0.05, 0.1) is 10.6 Å². The number of benzene rings is 1. The van der Waals surface area contributed by atoms with Gasteiger partial charge in [0.15, 0.2) is 0 Å². The molecule has 100 valence electrons. The van der Waals surface area contributed by atoms with Gasteiger partial charge in [0.2, 0.25) is 0 Å². The van der Waals surface area contributed by atoms with Crippen LogP contribution in [0.4, 0.5) is 0 Å². The van der Waals surface area contributed by atoms with Gasteiger partial charge in [0.1, 0.15) is 5.75 Å². The van der Waals surface area contributed by atoms with Gasteiger partial charge in [0.25, 0.3) is 0 Å². The number of hydrogen-bond donors (Lipinski definition) is 1. The van der Waals surface area contributed by atoms with Crippen LogP contribution in [0.1, 0.15) is 44.1 Å². The standard InChI is InChI=1S/C15H22BrNO/c1-17-11-12-8-9-15(14(16)10-12)18-13-6-4-2-3-5-7-13/h8-10,13,17H,2-7,11H2,1H3. The van der Waals surface area contributed by atoms with Crippen LogP contribution in [0.25, 0.3) is 0 Å². The van der Waals surface area contributed by atoms with E-state index in [1.54, 1.807) is 0 Å². The van der Waals surface area contributed by atoms with E-state index < -0.39 is 0 Å². The van der Waals surface area contributed by atoms with Crippen molar-refractivity contribution in [1.82, 2.24) is 5.32 Å². The highest BCUT2D eigenvalue weighted by Gasteiger charge is 2.15. The summed E-state index contributed by atoms with van der Waals surface area (Å²) in [5.74, 6) is 0.988. The first-order chi connectivity index (χ1) is 8.79. The zero-order chi connectivity index (χ0) is 12.8. The molecule has 1 fully saturated rings. The van der Waals surface area contributed by atoms with Crippen molar-refractivity contribution in [2.75, 3.05) is 7.05 Å². The van der Waals surface area contributed by atoms with E-state index in [2.05, 4.69) is 39.4 Å². The van der Waals surface area contributed by atoms with Crippen molar-refractivity contribution >= 4 is 15.9 Å². The first-order valence-corrected chi connectivity index (χ1v) is 7.68. The third-order valence-electron chi connectivity index (χ3n) is 3.47. The molecule has 0 saturated heterocycles. The molecule has 18 heavy (non-hydrogen) atoms. The molecule has 2 nitrogen and oxygen atoms in total. The smallest absolute Gasteiger partial charge is 0.133 e. The van der Waals surface area contributed by atoms with Gasteiger partial charge in [-0.2, -0.15) is 0 Å². The van der Waals surface area contributed by atoms with Crippen LogP contribution in [0.5, 0.6) is 5.75 Å². The molecule has 2 rings (SSSR count). The summed E-state index contributed by atoms with van der Waals surface area (Å²) in [6.07, 6.45) is 8.14. The normalized spacial score (nSPS) is 17.4. The summed E-state index contributed by atoms with van der Waals surface area (Å²) in [7, 11) is 1.96. The molecule has 0 aromatic heterocycles. The van der Waals surface area contributed by atoms with Gasteiger partial charge in [-0.3, -0.25) is 0 Å². The molecule has 0 atom stereocenters. The Bertz CT molecular complexity index is 373. The highest BCUT2D eigenvalue weighted by molar-refractivity contribution is 9.10. The molecule has 0 aliphatic heterocycles. The summed E-state index contributed by atoms with van der Waals surface area (Å²) in [4.78, 5) is 0. The van der Waals surface area contributed by atoms with Gasteiger partial charge < -0.3 is 10.1 Å². The minimum atomic E-state index is 0.402. The minimum absolute atomic E-state index is 0.402. The van der Waals surface area contributed by atoms with E-state index in [9.17, 15) is 0 Å². The lowest BCUT2D eigenvalue weighted by Gasteiger charge is -2.18. The Morgan fingerprint density at radius 3 is 2.56 bits per heavy atom. The Morgan fingerprint density at radius 1 is 1.22 bits per heavy atom. The summed E-state index contributed by atoms with van der Waals surface area (Å²) < 4.78 is 7.20. The first kappa shape index (κ1) is 13.9. The van der Waals surface area contributed by atoms with Crippen LogP contribution in [0, 0.1) is 0 Å². The molecule has 0 unspecified atom stereocenters. The lowest BCUT2D eigenvalue weighted by Crippen LogP contribution is -2.15. The summed E-state index contributed by atoms with van der Waals surface area (Å²) >= 11 is 3.61. The fourth-order valence-electron chi connectivity index (χ4n) is 2.49. The third-order valence-corrected chi connectivity index (χ3v) is 4.09. The first-order valence-electron chi connectivity index (χ1n) is 6.89. The van der Waals surface area contributed by atoms with E-state index in [1.807, 2.05) is 7.05 Å². The van der Waals surface area contributed by atoms with Crippen molar-refractivity contribution in [1.29, 1.82) is 0 Å². The highest BCUT2D eigenvalue weighted by atomic mass is 79.9. The van der Waals surface area contributed by atoms with Crippen LogP contribution in [-0.2, 0) is 6.54 Å². The zero-order valence-electron chi connectivity index (χ0n) is 11.0. The van der Waals surface area contributed by atoms with E-state index >= 15 is 0 Å². The second-order valence-electron chi connectivity index (χ2n) is 5.03. The molecule has 0 heterocycles. The predicted molar refractivity (Wildman–Crippen MR) is 79.0 cm³/mol. The topological polar surface area (TPSA) is 21.3 Å². The van der Waals surface area contributed by atoms with E-state index in [0.29, 0.717) is 6.10 Å². The maximum Gasteiger partial charge on any atom is 0.133 e. The maximum atomic E-state index is 6.13. The van der Waals surface area contributed by atoms with Crippen molar-refractivity contribution in [2.24, 2.45) is 0 Å². The van der Waals surface area contributed by atoms with E-state index in [1.165, 1.54) is 44.1 Å². The average molecular weight is 312 g/mol. The van der Waals surface area contributed by atoms with Crippen molar-refractivity contribution in [3.63, 3.8) is 0 Å². The fraction of sp³-hybridized carbons (Fsp3) is 0.600. The molecular weight excluding hydrogens is 290 g/mol. The molecule has 0 spiro atoms. The predicted octanol–water partition coefficient (Wildman–Crippen LogP) is 4.27. The molecule has 1 aliphatic rings. The Kier molecular flexibility index (Phi) is 5.51. The number of hydrogen-bond acceptors (Lipinski definition) is 2. The molecule has 0 bridgehead atoms. The molecule has 1 aromatic rings. The van der Waals surface area contributed by atoms with Crippen LogP contribution < -0.4 is 10.1 Å². The van der Waals surface area contributed by atoms with Gasteiger partial charge in [0, 0.05) is 6.54 Å². The number of nitrogens with one attached hydrogen (secondary N) is 1. The lowest BCUT2D eigenvalue weighted by molar-refractivity contribution is 0.182. The van der Waals surface area contributed by atoms with Crippen LogP contribution in [0.15, 0.2) is 22.7 Å². The second-order valence-corrected chi connectivity index (χ2v) is 5.88. The van der Waals surface area contributed by atoms with Crippen molar-refractivity contribution < 1.29 is 4.74 Å². The summed E-state index contributed by atoms with van der Waals surface area (Å²) in [6, 6.07) is 6.36. The van der Waals surface area contributed by atoms with Gasteiger partial charge >= 0.3 is 0 Å². The Balaban J connectivity index is 1.99. The Labute approximate surface area is 118 Å². The quantitative estimate of drug-likeness (QED) is 0.838. The molecule has 1 saturated carbocycles. The van der Waals surface area contributed by atoms with Gasteiger partial charge in [-0.05, 0) is 66.4 Å². The summed E-state index contributed by atoms with van der Waals surface area (Å²) in [5.41, 5.74) is 1.28. The maximum absolute atomic E-state index is 6.13. The van der Waals surface area contributed by atoms with E-state index in [-0.39, 0.29) is 0 Å². The van der Waals surface area contributed by atoms with Gasteiger partial charge in [-0.1, -0.05) is 18.9 Å². The summed E-state index contributed by atoms with van der Waals surface area (Å²) in [5, 5.41) is 3.16.